The number of nitrogens with zero attached hydrogens (tertiary/aromatic N) is 6. The van der Waals surface area contributed by atoms with Crippen LogP contribution in [0.15, 0.2) is 36.5 Å². The minimum absolute atomic E-state index is 0.0348. The molecule has 2 amide bonds. The summed E-state index contributed by atoms with van der Waals surface area (Å²) in [6.45, 7) is 9.65. The van der Waals surface area contributed by atoms with Crippen molar-refractivity contribution in [3.05, 3.63) is 53.6 Å². The first-order valence-electron chi connectivity index (χ1n) is 12.5. The summed E-state index contributed by atoms with van der Waals surface area (Å²) >= 11 is 2.15. The molecule has 2 N–H and O–H groups in total. The number of benzene rings is 1. The van der Waals surface area contributed by atoms with E-state index in [1.165, 1.54) is 5.56 Å². The third kappa shape index (κ3) is 5.93. The lowest BCUT2D eigenvalue weighted by molar-refractivity contribution is 0.0984. The van der Waals surface area contributed by atoms with Crippen LogP contribution < -0.4 is 20.4 Å². The van der Waals surface area contributed by atoms with Gasteiger partial charge in [0.2, 0.25) is 0 Å². The average Bonchev–Trinajstić information content (AvgIpc) is 2.88. The van der Waals surface area contributed by atoms with E-state index in [-0.39, 0.29) is 16.1 Å². The van der Waals surface area contributed by atoms with Gasteiger partial charge >= 0.3 is 6.03 Å². The molecule has 194 valence electrons. The summed E-state index contributed by atoms with van der Waals surface area (Å²) in [4.78, 5) is 35.7. The van der Waals surface area contributed by atoms with Gasteiger partial charge in [0.1, 0.15) is 17.5 Å². The first-order valence-corrected chi connectivity index (χ1v) is 13.7. The second-order valence-corrected chi connectivity index (χ2v) is 11.2. The first-order chi connectivity index (χ1) is 17.9. The van der Waals surface area contributed by atoms with Gasteiger partial charge in [-0.1, -0.05) is 22.6 Å². The molecule has 11 heteroatoms. The molecular weight excluding hydrogens is 583 g/mol. The Hall–Kier alpha value is -3.06. The van der Waals surface area contributed by atoms with Gasteiger partial charge in [0.15, 0.2) is 5.82 Å². The SMILES string of the molecule is Cc1nccc(N2CCc3c(nc(-c4ccc(NC(=O)NC(C)I)cc4)nc3N3CCOCC3C)C2)n1. The Labute approximate surface area is 230 Å². The number of fused-ring (bicyclic) bond motifs is 1. The van der Waals surface area contributed by atoms with Crippen molar-refractivity contribution in [3.8, 4) is 11.4 Å². The number of halogens is 1. The van der Waals surface area contributed by atoms with Gasteiger partial charge in [0.25, 0.3) is 0 Å². The summed E-state index contributed by atoms with van der Waals surface area (Å²) in [5.74, 6) is 3.33. The molecule has 2 unspecified atom stereocenters. The summed E-state index contributed by atoms with van der Waals surface area (Å²) in [6.07, 6.45) is 2.64. The van der Waals surface area contributed by atoms with Gasteiger partial charge in [-0.25, -0.2) is 24.7 Å². The molecule has 1 fully saturated rings. The Morgan fingerprint density at radius 2 is 1.97 bits per heavy atom. The summed E-state index contributed by atoms with van der Waals surface area (Å²) in [6, 6.07) is 9.60. The molecule has 2 aliphatic rings. The number of carbonyl (C=O) groups is 1. The van der Waals surface area contributed by atoms with Crippen molar-refractivity contribution >= 4 is 45.9 Å². The number of aryl methyl sites for hydroxylation is 1. The number of anilines is 3. The zero-order chi connectivity index (χ0) is 25.9. The Morgan fingerprint density at radius 3 is 2.70 bits per heavy atom. The van der Waals surface area contributed by atoms with E-state index in [2.05, 4.69) is 59.9 Å². The van der Waals surface area contributed by atoms with E-state index in [0.29, 0.717) is 31.3 Å². The molecular formula is C26H31IN8O2. The summed E-state index contributed by atoms with van der Waals surface area (Å²) < 4.78 is 5.73. The van der Waals surface area contributed by atoms with Crippen LogP contribution in [0.3, 0.4) is 0 Å². The number of hydrogen-bond donors (Lipinski definition) is 2. The number of rotatable bonds is 5. The van der Waals surface area contributed by atoms with Crippen LogP contribution in [-0.4, -0.2) is 62.4 Å². The molecule has 4 heterocycles. The normalized spacial score (nSPS) is 18.2. The van der Waals surface area contributed by atoms with E-state index in [4.69, 9.17) is 14.7 Å². The standard InChI is InChI=1S/C26H31IN8O2/c1-16-15-37-13-12-35(16)25-21-9-11-34(23-8-10-28-18(3)30-23)14-22(21)32-24(33-25)19-4-6-20(7-5-19)31-26(36)29-17(2)27/h4-8,10,16-17H,9,11-15H2,1-3H3,(H2,29,31,36). The van der Waals surface area contributed by atoms with Crippen LogP contribution in [0, 0.1) is 6.92 Å². The molecule has 0 radical (unpaired) electrons. The number of hydrogen-bond acceptors (Lipinski definition) is 8. The molecule has 2 aromatic heterocycles. The molecule has 2 atom stereocenters. The summed E-state index contributed by atoms with van der Waals surface area (Å²) in [5.41, 5.74) is 3.82. The molecule has 37 heavy (non-hydrogen) atoms. The Bertz CT molecular complexity index is 1270. The van der Waals surface area contributed by atoms with E-state index in [0.717, 1.165) is 48.2 Å². The quantitative estimate of drug-likeness (QED) is 0.253. The van der Waals surface area contributed by atoms with Gasteiger partial charge in [0.05, 0.1) is 35.5 Å². The van der Waals surface area contributed by atoms with Crippen molar-refractivity contribution in [1.82, 2.24) is 25.3 Å². The summed E-state index contributed by atoms with van der Waals surface area (Å²) in [5, 5.41) is 5.69. The number of amides is 2. The van der Waals surface area contributed by atoms with Crippen molar-refractivity contribution in [2.24, 2.45) is 0 Å². The monoisotopic (exact) mass is 614 g/mol. The van der Waals surface area contributed by atoms with Crippen LogP contribution in [0.2, 0.25) is 0 Å². The highest BCUT2D eigenvalue weighted by Gasteiger charge is 2.29. The maximum absolute atomic E-state index is 12.1. The minimum Gasteiger partial charge on any atom is -0.377 e. The lowest BCUT2D eigenvalue weighted by Gasteiger charge is -2.38. The van der Waals surface area contributed by atoms with Crippen molar-refractivity contribution < 1.29 is 9.53 Å². The highest BCUT2D eigenvalue weighted by Crippen LogP contribution is 2.32. The van der Waals surface area contributed by atoms with Crippen LogP contribution in [0.5, 0.6) is 0 Å². The minimum atomic E-state index is -0.233. The second kappa shape index (κ2) is 11.1. The number of aromatic nitrogens is 4. The summed E-state index contributed by atoms with van der Waals surface area (Å²) in [7, 11) is 0. The first kappa shape index (κ1) is 25.6. The van der Waals surface area contributed by atoms with Crippen LogP contribution >= 0.6 is 22.6 Å². The highest BCUT2D eigenvalue weighted by molar-refractivity contribution is 14.1. The van der Waals surface area contributed by atoms with Gasteiger partial charge in [-0.15, -0.1) is 0 Å². The van der Waals surface area contributed by atoms with Crippen LogP contribution in [-0.2, 0) is 17.7 Å². The Balaban J connectivity index is 1.48. The van der Waals surface area contributed by atoms with Crippen molar-refractivity contribution in [3.63, 3.8) is 0 Å². The van der Waals surface area contributed by atoms with Gasteiger partial charge < -0.3 is 25.2 Å². The Kier molecular flexibility index (Phi) is 7.70. The van der Waals surface area contributed by atoms with Gasteiger partial charge in [-0.3, -0.25) is 0 Å². The van der Waals surface area contributed by atoms with Crippen molar-refractivity contribution in [2.45, 2.75) is 43.8 Å². The van der Waals surface area contributed by atoms with E-state index < -0.39 is 0 Å². The molecule has 3 aromatic rings. The van der Waals surface area contributed by atoms with Gasteiger partial charge in [0, 0.05) is 36.1 Å². The zero-order valence-electron chi connectivity index (χ0n) is 21.2. The van der Waals surface area contributed by atoms with E-state index in [9.17, 15) is 4.79 Å². The molecule has 0 saturated carbocycles. The smallest absolute Gasteiger partial charge is 0.320 e. The van der Waals surface area contributed by atoms with Crippen LogP contribution in [0.1, 0.15) is 30.9 Å². The topological polar surface area (TPSA) is 108 Å². The van der Waals surface area contributed by atoms with E-state index >= 15 is 0 Å². The van der Waals surface area contributed by atoms with Crippen molar-refractivity contribution in [2.75, 3.05) is 41.4 Å². The molecule has 0 bridgehead atoms. The lowest BCUT2D eigenvalue weighted by Crippen LogP contribution is -2.45. The molecule has 2 aliphatic heterocycles. The average molecular weight is 614 g/mol. The maximum atomic E-state index is 12.1. The molecule has 1 saturated heterocycles. The highest BCUT2D eigenvalue weighted by atomic mass is 127. The fourth-order valence-corrected chi connectivity index (χ4v) is 4.97. The predicted molar refractivity (Wildman–Crippen MR) is 152 cm³/mol. The fraction of sp³-hybridized carbons (Fsp3) is 0.423. The van der Waals surface area contributed by atoms with E-state index in [1.54, 1.807) is 6.20 Å². The van der Waals surface area contributed by atoms with E-state index in [1.807, 2.05) is 44.2 Å². The van der Waals surface area contributed by atoms with Crippen LogP contribution in [0.25, 0.3) is 11.4 Å². The number of morpholine rings is 1. The Morgan fingerprint density at radius 1 is 1.16 bits per heavy atom. The number of nitrogens with one attached hydrogen (secondary N) is 2. The van der Waals surface area contributed by atoms with Crippen molar-refractivity contribution in [1.29, 1.82) is 0 Å². The fourth-order valence-electron chi connectivity index (χ4n) is 4.68. The third-order valence-corrected chi connectivity index (χ3v) is 6.81. The molecule has 5 rings (SSSR count). The molecule has 1 aromatic carbocycles. The zero-order valence-corrected chi connectivity index (χ0v) is 23.4. The number of carbonyl (C=O) groups excluding carboxylic acids is 1. The molecule has 10 nitrogen and oxygen atoms in total. The third-order valence-electron chi connectivity index (χ3n) is 6.50. The number of alkyl halides is 1. The van der Waals surface area contributed by atoms with Gasteiger partial charge in [-0.2, -0.15) is 0 Å². The van der Waals surface area contributed by atoms with Gasteiger partial charge in [-0.05, 0) is 57.5 Å². The largest absolute Gasteiger partial charge is 0.377 e. The predicted octanol–water partition coefficient (Wildman–Crippen LogP) is 3.93. The number of urea groups is 1. The lowest BCUT2D eigenvalue weighted by atomic mass is 10.0. The maximum Gasteiger partial charge on any atom is 0.320 e. The van der Waals surface area contributed by atoms with Crippen LogP contribution in [0.4, 0.5) is 22.1 Å². The number of ether oxygens (including phenoxy) is 1. The molecule has 0 spiro atoms. The molecule has 0 aliphatic carbocycles. The second-order valence-electron chi connectivity index (χ2n) is 9.34.